The highest BCUT2D eigenvalue weighted by atomic mass is 32.2. The molecule has 0 unspecified atom stereocenters. The number of nitrogens with one attached hydrogen (secondary N) is 1. The molecule has 4 aromatic rings. The maximum atomic E-state index is 12.1. The van der Waals surface area contributed by atoms with Gasteiger partial charge in [0.2, 0.25) is 5.91 Å². The summed E-state index contributed by atoms with van der Waals surface area (Å²) in [6, 6.07) is 17.0. The van der Waals surface area contributed by atoms with Crippen molar-refractivity contribution in [2.45, 2.75) is 24.7 Å². The van der Waals surface area contributed by atoms with Crippen molar-refractivity contribution in [2.75, 3.05) is 0 Å². The molecule has 1 N–H and O–H groups in total. The smallest absolute Gasteiger partial charge is 0.286 e. The van der Waals surface area contributed by atoms with Crippen LogP contribution in [0.15, 0.2) is 67.0 Å². The number of fused-ring (bicyclic) bond motifs is 1. The molecule has 1 saturated heterocycles. The summed E-state index contributed by atoms with van der Waals surface area (Å²) in [5, 5.41) is 2.05. The lowest BCUT2D eigenvalue weighted by molar-refractivity contribution is -0.121. The Bertz CT molecular complexity index is 1370. The number of thioether (sulfide) groups is 1. The van der Waals surface area contributed by atoms with E-state index in [1.165, 1.54) is 0 Å². The first-order chi connectivity index (χ1) is 16.4. The van der Waals surface area contributed by atoms with E-state index in [-0.39, 0.29) is 11.1 Å². The standard InChI is InChI=1S/C25H22N4O4S/c1-25(23(30)28-24(31)34-25)13-16-5-7-17(8-6-16)32-15-22-27-20-10-9-18(12-21(20)29(22)2)33-19-4-3-11-26-14-19/h3-12,14H,13,15H2,1-2H3,(H,28,30,31)/t25-/m1/s1. The first kappa shape index (κ1) is 22.0. The Morgan fingerprint density at radius 2 is 1.85 bits per heavy atom. The monoisotopic (exact) mass is 474 g/mol. The number of rotatable bonds is 7. The average Bonchev–Trinajstić information content (AvgIpc) is 3.27. The quantitative estimate of drug-likeness (QED) is 0.417. The predicted molar refractivity (Wildman–Crippen MR) is 129 cm³/mol. The zero-order valence-corrected chi connectivity index (χ0v) is 19.5. The molecule has 0 radical (unpaired) electrons. The van der Waals surface area contributed by atoms with Crippen molar-refractivity contribution in [1.82, 2.24) is 19.9 Å². The third-order valence-electron chi connectivity index (χ3n) is 5.66. The molecule has 1 aliphatic rings. The zero-order valence-electron chi connectivity index (χ0n) is 18.6. The van der Waals surface area contributed by atoms with Gasteiger partial charge in [0.05, 0.1) is 17.2 Å². The summed E-state index contributed by atoms with van der Waals surface area (Å²) in [6.45, 7) is 2.08. The van der Waals surface area contributed by atoms with E-state index < -0.39 is 4.75 Å². The molecule has 8 nitrogen and oxygen atoms in total. The zero-order chi connectivity index (χ0) is 23.7. The number of imidazole rings is 1. The lowest BCUT2D eigenvalue weighted by Crippen LogP contribution is -2.35. The van der Waals surface area contributed by atoms with Crippen LogP contribution in [-0.2, 0) is 24.9 Å². The number of imide groups is 1. The van der Waals surface area contributed by atoms with Gasteiger partial charge in [-0.25, -0.2) is 4.98 Å². The van der Waals surface area contributed by atoms with Crippen LogP contribution >= 0.6 is 11.8 Å². The van der Waals surface area contributed by atoms with Gasteiger partial charge in [0.25, 0.3) is 5.24 Å². The second kappa shape index (κ2) is 8.83. The Hall–Kier alpha value is -3.85. The number of nitrogens with zero attached hydrogens (tertiary/aromatic N) is 3. The summed E-state index contributed by atoms with van der Waals surface area (Å²) < 4.78 is 13.0. The highest BCUT2D eigenvalue weighted by Crippen LogP contribution is 2.35. The van der Waals surface area contributed by atoms with Gasteiger partial charge < -0.3 is 14.0 Å². The molecule has 34 heavy (non-hydrogen) atoms. The van der Waals surface area contributed by atoms with Crippen LogP contribution in [0.25, 0.3) is 11.0 Å². The van der Waals surface area contributed by atoms with Crippen LogP contribution in [0.2, 0.25) is 0 Å². The second-order valence-electron chi connectivity index (χ2n) is 8.21. The molecule has 0 saturated carbocycles. The van der Waals surface area contributed by atoms with Crippen LogP contribution in [-0.4, -0.2) is 30.4 Å². The Morgan fingerprint density at radius 1 is 1.06 bits per heavy atom. The summed E-state index contributed by atoms with van der Waals surface area (Å²) in [4.78, 5) is 32.3. The summed E-state index contributed by atoms with van der Waals surface area (Å²) in [6.07, 6.45) is 3.83. The summed E-state index contributed by atoms with van der Waals surface area (Å²) in [7, 11) is 1.94. The first-order valence-electron chi connectivity index (χ1n) is 10.7. The Balaban J connectivity index is 1.25. The molecule has 0 spiro atoms. The number of hydrogen-bond acceptors (Lipinski definition) is 7. The molecule has 1 aliphatic heterocycles. The van der Waals surface area contributed by atoms with Crippen molar-refractivity contribution in [1.29, 1.82) is 0 Å². The Kier molecular flexibility index (Phi) is 5.70. The number of amides is 2. The molecule has 172 valence electrons. The topological polar surface area (TPSA) is 95.3 Å². The predicted octanol–water partition coefficient (Wildman–Crippen LogP) is 4.62. The molecule has 9 heteroatoms. The number of hydrogen-bond donors (Lipinski definition) is 1. The molecule has 2 amide bonds. The largest absolute Gasteiger partial charge is 0.486 e. The SMILES string of the molecule is Cn1c(COc2ccc(C[C@@]3(C)SC(=O)NC3=O)cc2)nc2ccc(Oc3cccnc3)cc21. The summed E-state index contributed by atoms with van der Waals surface area (Å²) >= 11 is 1.03. The number of carbonyl (C=O) groups is 2. The number of aromatic nitrogens is 3. The normalized spacial score (nSPS) is 17.7. The van der Waals surface area contributed by atoms with Gasteiger partial charge in [-0.2, -0.15) is 0 Å². The molecule has 5 rings (SSSR count). The number of benzene rings is 2. The molecular weight excluding hydrogens is 452 g/mol. The van der Waals surface area contributed by atoms with E-state index in [0.29, 0.717) is 30.3 Å². The molecule has 1 fully saturated rings. The molecule has 2 aromatic heterocycles. The maximum Gasteiger partial charge on any atom is 0.286 e. The highest BCUT2D eigenvalue weighted by Gasteiger charge is 2.43. The van der Waals surface area contributed by atoms with Gasteiger partial charge in [0.1, 0.15) is 34.4 Å². The van der Waals surface area contributed by atoms with Gasteiger partial charge in [-0.05, 0) is 67.1 Å². The lowest BCUT2D eigenvalue weighted by atomic mass is 9.99. The van der Waals surface area contributed by atoms with Crippen molar-refractivity contribution in [2.24, 2.45) is 7.05 Å². The summed E-state index contributed by atoms with van der Waals surface area (Å²) in [5.74, 6) is 2.60. The lowest BCUT2D eigenvalue weighted by Gasteiger charge is -2.18. The van der Waals surface area contributed by atoms with E-state index in [1.54, 1.807) is 19.3 Å². The van der Waals surface area contributed by atoms with Gasteiger partial charge in [-0.15, -0.1) is 0 Å². The second-order valence-corrected chi connectivity index (χ2v) is 9.69. The summed E-state index contributed by atoms with van der Waals surface area (Å²) in [5.41, 5.74) is 2.74. The van der Waals surface area contributed by atoms with E-state index in [1.807, 2.05) is 66.2 Å². The average molecular weight is 475 g/mol. The van der Waals surface area contributed by atoms with Crippen molar-refractivity contribution in [3.8, 4) is 17.2 Å². The van der Waals surface area contributed by atoms with E-state index in [2.05, 4.69) is 15.3 Å². The fourth-order valence-corrected chi connectivity index (χ4v) is 4.75. The molecular formula is C25H22N4O4S. The molecule has 1 atom stereocenters. The van der Waals surface area contributed by atoms with E-state index >= 15 is 0 Å². The number of pyridine rings is 1. The molecule has 2 aromatic carbocycles. The van der Waals surface area contributed by atoms with Crippen LogP contribution in [0.4, 0.5) is 4.79 Å². The van der Waals surface area contributed by atoms with Gasteiger partial charge in [-0.3, -0.25) is 19.9 Å². The number of carbonyl (C=O) groups excluding carboxylic acids is 2. The van der Waals surface area contributed by atoms with Crippen molar-refractivity contribution < 1.29 is 19.1 Å². The van der Waals surface area contributed by atoms with Crippen LogP contribution in [0.5, 0.6) is 17.2 Å². The fourth-order valence-electron chi connectivity index (χ4n) is 3.81. The van der Waals surface area contributed by atoms with Crippen LogP contribution in [0.3, 0.4) is 0 Å². The van der Waals surface area contributed by atoms with Crippen molar-refractivity contribution in [3.05, 3.63) is 78.4 Å². The van der Waals surface area contributed by atoms with Crippen LogP contribution < -0.4 is 14.8 Å². The van der Waals surface area contributed by atoms with Crippen molar-refractivity contribution in [3.63, 3.8) is 0 Å². The minimum Gasteiger partial charge on any atom is -0.486 e. The van der Waals surface area contributed by atoms with Crippen molar-refractivity contribution >= 4 is 33.9 Å². The van der Waals surface area contributed by atoms with Gasteiger partial charge in [0, 0.05) is 19.3 Å². The maximum absolute atomic E-state index is 12.1. The van der Waals surface area contributed by atoms with Gasteiger partial charge >= 0.3 is 0 Å². The van der Waals surface area contributed by atoms with E-state index in [9.17, 15) is 9.59 Å². The Labute approximate surface area is 200 Å². The molecule has 3 heterocycles. The minimum absolute atomic E-state index is 0.251. The van der Waals surface area contributed by atoms with Gasteiger partial charge in [-0.1, -0.05) is 12.1 Å². The molecule has 0 bridgehead atoms. The third-order valence-corrected chi connectivity index (χ3v) is 6.73. The third kappa shape index (κ3) is 4.47. The van der Waals surface area contributed by atoms with Gasteiger partial charge in [0.15, 0.2) is 0 Å². The fraction of sp³-hybridized carbons (Fsp3) is 0.200. The van der Waals surface area contributed by atoms with Crippen LogP contribution in [0, 0.1) is 0 Å². The van der Waals surface area contributed by atoms with E-state index in [4.69, 9.17) is 9.47 Å². The first-order valence-corrected chi connectivity index (χ1v) is 11.5. The highest BCUT2D eigenvalue weighted by molar-refractivity contribution is 8.16. The van der Waals surface area contributed by atoms with E-state index in [0.717, 1.165) is 34.2 Å². The molecule has 0 aliphatic carbocycles. The number of aryl methyl sites for hydroxylation is 1. The number of ether oxygens (including phenoxy) is 2. The van der Waals surface area contributed by atoms with Crippen LogP contribution in [0.1, 0.15) is 18.3 Å². The Morgan fingerprint density at radius 3 is 2.56 bits per heavy atom. The minimum atomic E-state index is -0.786.